The van der Waals surface area contributed by atoms with E-state index in [4.69, 9.17) is 0 Å². The molecule has 0 saturated carbocycles. The predicted octanol–water partition coefficient (Wildman–Crippen LogP) is 2.74. The number of hydrogen-bond donors (Lipinski definition) is 0. The molecule has 1 rings (SSSR count). The van der Waals surface area contributed by atoms with Gasteiger partial charge in [0.05, 0.1) is 0 Å². The summed E-state index contributed by atoms with van der Waals surface area (Å²) in [4.78, 5) is 12.9. The highest BCUT2D eigenvalue weighted by Crippen LogP contribution is 2.34. The highest BCUT2D eigenvalue weighted by atomic mass is 79.9. The third kappa shape index (κ3) is 1.84. The Morgan fingerprint density at radius 1 is 1.50 bits per heavy atom. The van der Waals surface area contributed by atoms with Crippen LogP contribution < -0.4 is 0 Å². The van der Waals surface area contributed by atoms with Gasteiger partial charge in [-0.1, -0.05) is 0 Å². The Labute approximate surface area is 77.5 Å². The monoisotopic (exact) mass is 259 g/mol. The number of alkyl halides is 3. The lowest BCUT2D eigenvalue weighted by Gasteiger charge is -2.01. The molecular formula is C5HBrF3NOS. The van der Waals surface area contributed by atoms with Gasteiger partial charge in [-0.3, -0.25) is 4.79 Å². The van der Waals surface area contributed by atoms with Crippen LogP contribution in [0.25, 0.3) is 0 Å². The molecule has 0 aliphatic heterocycles. The summed E-state index contributed by atoms with van der Waals surface area (Å²) in [7, 11) is 0. The highest BCUT2D eigenvalue weighted by molar-refractivity contribution is 9.11. The molecule has 0 saturated heterocycles. The van der Waals surface area contributed by atoms with Crippen molar-refractivity contribution in [2.45, 2.75) is 6.18 Å². The maximum Gasteiger partial charge on any atom is 0.434 e. The number of thiazole rings is 1. The zero-order chi connectivity index (χ0) is 9.35. The molecule has 0 aromatic carbocycles. The first-order chi connectivity index (χ1) is 5.45. The van der Waals surface area contributed by atoms with E-state index in [0.29, 0.717) is 11.3 Å². The Bertz CT molecular complexity index is 308. The van der Waals surface area contributed by atoms with E-state index in [1.807, 2.05) is 0 Å². The number of aromatic nitrogens is 1. The smallest absolute Gasteiger partial charge is 0.297 e. The minimum atomic E-state index is -4.56. The summed E-state index contributed by atoms with van der Waals surface area (Å²) in [6.45, 7) is 0. The highest BCUT2D eigenvalue weighted by Gasteiger charge is 2.37. The number of aldehydes is 1. The van der Waals surface area contributed by atoms with Crippen molar-refractivity contribution in [2.24, 2.45) is 0 Å². The SMILES string of the molecule is O=Cc1sc(Br)nc1C(F)(F)F. The van der Waals surface area contributed by atoms with Crippen molar-refractivity contribution in [1.29, 1.82) is 0 Å². The second kappa shape index (κ2) is 3.14. The molecule has 0 spiro atoms. The largest absolute Gasteiger partial charge is 0.434 e. The van der Waals surface area contributed by atoms with E-state index < -0.39 is 16.7 Å². The van der Waals surface area contributed by atoms with Crippen molar-refractivity contribution in [3.05, 3.63) is 14.5 Å². The van der Waals surface area contributed by atoms with Gasteiger partial charge in [-0.2, -0.15) is 13.2 Å². The summed E-state index contributed by atoms with van der Waals surface area (Å²) in [6, 6.07) is 0. The first kappa shape index (κ1) is 9.66. The van der Waals surface area contributed by atoms with Crippen LogP contribution in [0, 0.1) is 0 Å². The van der Waals surface area contributed by atoms with Gasteiger partial charge in [0.2, 0.25) is 0 Å². The molecule has 0 N–H and O–H groups in total. The fraction of sp³-hybridized carbons (Fsp3) is 0.200. The van der Waals surface area contributed by atoms with Crippen molar-refractivity contribution in [2.75, 3.05) is 0 Å². The number of halogens is 4. The first-order valence-corrected chi connectivity index (χ1v) is 4.25. The van der Waals surface area contributed by atoms with Crippen LogP contribution >= 0.6 is 27.3 Å². The number of hydrogen-bond acceptors (Lipinski definition) is 3. The summed E-state index contributed by atoms with van der Waals surface area (Å²) in [5.74, 6) is 0. The van der Waals surface area contributed by atoms with Gasteiger partial charge in [0.25, 0.3) is 0 Å². The van der Waals surface area contributed by atoms with Crippen molar-refractivity contribution in [3.8, 4) is 0 Å². The Hall–Kier alpha value is -0.430. The van der Waals surface area contributed by atoms with Gasteiger partial charge in [-0.15, -0.1) is 11.3 Å². The van der Waals surface area contributed by atoms with Crippen LogP contribution in [0.2, 0.25) is 0 Å². The molecule has 0 aliphatic rings. The van der Waals surface area contributed by atoms with Crippen LogP contribution in [0.1, 0.15) is 15.4 Å². The molecule has 7 heteroatoms. The molecule has 0 radical (unpaired) electrons. The third-order valence-corrected chi connectivity index (χ3v) is 2.43. The first-order valence-electron chi connectivity index (χ1n) is 2.64. The van der Waals surface area contributed by atoms with Crippen LogP contribution in [0.4, 0.5) is 13.2 Å². The zero-order valence-electron chi connectivity index (χ0n) is 5.35. The molecular weight excluding hydrogens is 259 g/mol. The lowest BCUT2D eigenvalue weighted by molar-refractivity contribution is -0.141. The molecule has 2 nitrogen and oxygen atoms in total. The molecule has 66 valence electrons. The summed E-state index contributed by atoms with van der Waals surface area (Å²) in [5.41, 5.74) is -1.13. The molecule has 1 aromatic rings. The lowest BCUT2D eigenvalue weighted by atomic mass is 10.4. The van der Waals surface area contributed by atoms with Crippen molar-refractivity contribution in [3.63, 3.8) is 0 Å². The fourth-order valence-corrected chi connectivity index (χ4v) is 1.91. The topological polar surface area (TPSA) is 30.0 Å². The zero-order valence-corrected chi connectivity index (χ0v) is 7.76. The van der Waals surface area contributed by atoms with E-state index in [-0.39, 0.29) is 10.2 Å². The van der Waals surface area contributed by atoms with E-state index in [1.165, 1.54) is 0 Å². The van der Waals surface area contributed by atoms with E-state index in [9.17, 15) is 18.0 Å². The van der Waals surface area contributed by atoms with Gasteiger partial charge < -0.3 is 0 Å². The summed E-state index contributed by atoms with van der Waals surface area (Å²) in [6.07, 6.45) is -4.41. The lowest BCUT2D eigenvalue weighted by Crippen LogP contribution is -2.07. The number of rotatable bonds is 1. The Morgan fingerprint density at radius 3 is 2.42 bits per heavy atom. The second-order valence-electron chi connectivity index (χ2n) is 1.80. The number of nitrogens with zero attached hydrogens (tertiary/aromatic N) is 1. The van der Waals surface area contributed by atoms with Crippen LogP contribution in [-0.4, -0.2) is 11.3 Å². The van der Waals surface area contributed by atoms with Crippen LogP contribution in [-0.2, 0) is 6.18 Å². The molecule has 0 amide bonds. The maximum atomic E-state index is 12.0. The van der Waals surface area contributed by atoms with Gasteiger partial charge in [0, 0.05) is 0 Å². The quantitative estimate of drug-likeness (QED) is 0.726. The van der Waals surface area contributed by atoms with E-state index in [0.717, 1.165) is 0 Å². The fourth-order valence-electron chi connectivity index (χ4n) is 0.588. The average molecular weight is 260 g/mol. The predicted molar refractivity (Wildman–Crippen MR) is 40.2 cm³/mol. The summed E-state index contributed by atoms with van der Waals surface area (Å²) in [5, 5.41) is 0. The molecule has 0 atom stereocenters. The second-order valence-corrected chi connectivity index (χ2v) is 4.10. The van der Waals surface area contributed by atoms with E-state index in [2.05, 4.69) is 20.9 Å². The van der Waals surface area contributed by atoms with Crippen LogP contribution in [0.3, 0.4) is 0 Å². The van der Waals surface area contributed by atoms with Crippen molar-refractivity contribution >= 4 is 33.6 Å². The average Bonchev–Trinajstić information content (AvgIpc) is 2.29. The standard InChI is InChI=1S/C5HBrF3NOS/c6-4-10-3(5(7,8)9)2(1-11)12-4/h1H. The summed E-state index contributed by atoms with van der Waals surface area (Å²) >= 11 is 3.42. The molecule has 0 fully saturated rings. The normalized spacial score (nSPS) is 11.7. The molecule has 12 heavy (non-hydrogen) atoms. The van der Waals surface area contributed by atoms with Gasteiger partial charge in [0.15, 0.2) is 15.9 Å². The third-order valence-electron chi connectivity index (χ3n) is 1.00. The molecule has 1 aromatic heterocycles. The van der Waals surface area contributed by atoms with Gasteiger partial charge in [-0.05, 0) is 15.9 Å². The van der Waals surface area contributed by atoms with Crippen molar-refractivity contribution < 1.29 is 18.0 Å². The minimum absolute atomic E-state index is 0.0527. The Kier molecular flexibility index (Phi) is 2.52. The molecule has 0 unspecified atom stereocenters. The Morgan fingerprint density at radius 2 is 2.08 bits per heavy atom. The van der Waals surface area contributed by atoms with Crippen LogP contribution in [0.15, 0.2) is 3.92 Å². The van der Waals surface area contributed by atoms with E-state index in [1.54, 1.807) is 0 Å². The van der Waals surface area contributed by atoms with Gasteiger partial charge in [-0.25, -0.2) is 4.98 Å². The van der Waals surface area contributed by atoms with Gasteiger partial charge in [0.1, 0.15) is 4.88 Å². The van der Waals surface area contributed by atoms with Crippen LogP contribution in [0.5, 0.6) is 0 Å². The Balaban J connectivity index is 3.22. The minimum Gasteiger partial charge on any atom is -0.297 e. The molecule has 1 heterocycles. The van der Waals surface area contributed by atoms with Gasteiger partial charge >= 0.3 is 6.18 Å². The molecule has 0 bridgehead atoms. The van der Waals surface area contributed by atoms with Crippen molar-refractivity contribution in [1.82, 2.24) is 4.98 Å². The molecule has 0 aliphatic carbocycles. The number of carbonyl (C=O) groups excluding carboxylic acids is 1. The van der Waals surface area contributed by atoms with E-state index >= 15 is 0 Å². The number of carbonyl (C=O) groups is 1. The maximum absolute atomic E-state index is 12.0. The summed E-state index contributed by atoms with van der Waals surface area (Å²) < 4.78 is 36.1.